The van der Waals surface area contributed by atoms with Crippen molar-refractivity contribution in [3.8, 4) is 0 Å². The SMILES string of the molecule is CNCC(=O)Nc1cc(C)ccn1.Cl.Cl. The van der Waals surface area contributed by atoms with Crippen molar-refractivity contribution in [2.75, 3.05) is 18.9 Å². The number of amides is 1. The standard InChI is InChI=1S/C9H13N3O.2ClH/c1-7-3-4-11-8(5-7)12-9(13)6-10-2;;/h3-5,10H,6H2,1-2H3,(H,11,12,13);2*1H. The van der Waals surface area contributed by atoms with Crippen molar-refractivity contribution < 1.29 is 4.79 Å². The van der Waals surface area contributed by atoms with Gasteiger partial charge in [0.05, 0.1) is 6.54 Å². The average Bonchev–Trinajstić information content (AvgIpc) is 2.04. The summed E-state index contributed by atoms with van der Waals surface area (Å²) >= 11 is 0. The van der Waals surface area contributed by atoms with Crippen molar-refractivity contribution in [1.29, 1.82) is 0 Å². The summed E-state index contributed by atoms with van der Waals surface area (Å²) in [6.45, 7) is 2.25. The van der Waals surface area contributed by atoms with Gasteiger partial charge in [0.2, 0.25) is 5.91 Å². The number of hydrogen-bond acceptors (Lipinski definition) is 3. The van der Waals surface area contributed by atoms with Gasteiger partial charge in [-0.25, -0.2) is 4.98 Å². The lowest BCUT2D eigenvalue weighted by atomic mass is 10.3. The number of likely N-dealkylation sites (N-methyl/N-ethyl adjacent to an activating group) is 1. The second-order valence-corrected chi connectivity index (χ2v) is 2.80. The number of rotatable bonds is 3. The molecule has 1 aromatic heterocycles. The molecule has 1 heterocycles. The Kier molecular flexibility index (Phi) is 9.36. The molecular formula is C9H15Cl2N3O. The van der Waals surface area contributed by atoms with Gasteiger partial charge in [0, 0.05) is 6.20 Å². The van der Waals surface area contributed by atoms with Gasteiger partial charge in [-0.15, -0.1) is 24.8 Å². The van der Waals surface area contributed by atoms with Crippen molar-refractivity contribution in [2.45, 2.75) is 6.92 Å². The van der Waals surface area contributed by atoms with Gasteiger partial charge in [-0.1, -0.05) is 0 Å². The van der Waals surface area contributed by atoms with Crippen molar-refractivity contribution in [3.05, 3.63) is 23.9 Å². The number of nitrogens with zero attached hydrogens (tertiary/aromatic N) is 1. The third-order valence-electron chi connectivity index (χ3n) is 1.52. The molecule has 0 saturated carbocycles. The highest BCUT2D eigenvalue weighted by Crippen LogP contribution is 2.04. The van der Waals surface area contributed by atoms with E-state index in [9.17, 15) is 4.79 Å². The molecule has 2 N–H and O–H groups in total. The number of aryl methyl sites for hydroxylation is 1. The highest BCUT2D eigenvalue weighted by atomic mass is 35.5. The molecule has 0 fully saturated rings. The van der Waals surface area contributed by atoms with Crippen molar-refractivity contribution in [2.24, 2.45) is 0 Å². The van der Waals surface area contributed by atoms with Crippen LogP contribution in [-0.4, -0.2) is 24.5 Å². The van der Waals surface area contributed by atoms with Gasteiger partial charge in [-0.3, -0.25) is 4.79 Å². The number of aromatic nitrogens is 1. The molecule has 0 saturated heterocycles. The maximum atomic E-state index is 11.1. The summed E-state index contributed by atoms with van der Waals surface area (Å²) in [5, 5.41) is 5.43. The first-order valence-corrected chi connectivity index (χ1v) is 4.09. The van der Waals surface area contributed by atoms with Gasteiger partial charge in [-0.05, 0) is 31.7 Å². The Hall–Kier alpha value is -0.840. The van der Waals surface area contributed by atoms with Crippen LogP contribution in [0.25, 0.3) is 0 Å². The normalized spacial score (nSPS) is 8.40. The molecule has 0 aliphatic rings. The van der Waals surface area contributed by atoms with Crippen LogP contribution in [0.1, 0.15) is 5.56 Å². The number of carbonyl (C=O) groups is 1. The molecule has 0 spiro atoms. The van der Waals surface area contributed by atoms with Crippen LogP contribution in [0.5, 0.6) is 0 Å². The third-order valence-corrected chi connectivity index (χ3v) is 1.52. The zero-order valence-corrected chi connectivity index (χ0v) is 10.2. The first-order chi connectivity index (χ1) is 6.22. The van der Waals surface area contributed by atoms with Crippen LogP contribution < -0.4 is 10.6 Å². The lowest BCUT2D eigenvalue weighted by Crippen LogP contribution is -2.25. The molecule has 15 heavy (non-hydrogen) atoms. The van der Waals surface area contributed by atoms with Crippen LogP contribution in [0, 0.1) is 6.92 Å². The summed E-state index contributed by atoms with van der Waals surface area (Å²) in [4.78, 5) is 15.1. The van der Waals surface area contributed by atoms with Gasteiger partial charge in [0.1, 0.15) is 5.82 Å². The predicted octanol–water partition coefficient (Wildman–Crippen LogP) is 1.39. The Morgan fingerprint density at radius 2 is 2.13 bits per heavy atom. The zero-order valence-electron chi connectivity index (χ0n) is 8.61. The van der Waals surface area contributed by atoms with E-state index in [0.717, 1.165) is 5.56 Å². The van der Waals surface area contributed by atoms with E-state index in [1.54, 1.807) is 13.2 Å². The second-order valence-electron chi connectivity index (χ2n) is 2.80. The number of hydrogen-bond donors (Lipinski definition) is 2. The monoisotopic (exact) mass is 251 g/mol. The fraction of sp³-hybridized carbons (Fsp3) is 0.333. The van der Waals surface area contributed by atoms with E-state index in [1.807, 2.05) is 19.1 Å². The van der Waals surface area contributed by atoms with Gasteiger partial charge in [0.25, 0.3) is 0 Å². The summed E-state index contributed by atoms with van der Waals surface area (Å²) in [6.07, 6.45) is 1.67. The van der Waals surface area contributed by atoms with Crippen LogP contribution in [0.4, 0.5) is 5.82 Å². The highest BCUT2D eigenvalue weighted by Gasteiger charge is 2.00. The summed E-state index contributed by atoms with van der Waals surface area (Å²) in [7, 11) is 1.73. The third kappa shape index (κ3) is 6.28. The predicted molar refractivity (Wildman–Crippen MR) is 66.0 cm³/mol. The molecule has 0 bridgehead atoms. The Bertz CT molecular complexity index is 307. The first kappa shape index (κ1) is 16.6. The molecule has 1 rings (SSSR count). The molecule has 4 nitrogen and oxygen atoms in total. The summed E-state index contributed by atoms with van der Waals surface area (Å²) in [5.41, 5.74) is 1.08. The fourth-order valence-corrected chi connectivity index (χ4v) is 0.952. The molecule has 0 unspecified atom stereocenters. The average molecular weight is 252 g/mol. The number of halogens is 2. The quantitative estimate of drug-likeness (QED) is 0.854. The molecule has 0 aliphatic carbocycles. The lowest BCUT2D eigenvalue weighted by Gasteiger charge is -2.03. The van der Waals surface area contributed by atoms with Gasteiger partial charge in [0.15, 0.2) is 0 Å². The van der Waals surface area contributed by atoms with Gasteiger partial charge < -0.3 is 10.6 Å². The van der Waals surface area contributed by atoms with Crippen LogP contribution in [0.15, 0.2) is 18.3 Å². The zero-order chi connectivity index (χ0) is 9.68. The molecular weight excluding hydrogens is 237 g/mol. The van der Waals surface area contributed by atoms with Crippen molar-refractivity contribution >= 4 is 36.5 Å². The van der Waals surface area contributed by atoms with E-state index in [2.05, 4.69) is 15.6 Å². The molecule has 86 valence electrons. The molecule has 0 aromatic carbocycles. The first-order valence-electron chi connectivity index (χ1n) is 4.09. The molecule has 1 amide bonds. The minimum Gasteiger partial charge on any atom is -0.311 e. The van der Waals surface area contributed by atoms with Crippen LogP contribution >= 0.6 is 24.8 Å². The number of nitrogens with one attached hydrogen (secondary N) is 2. The van der Waals surface area contributed by atoms with E-state index in [-0.39, 0.29) is 30.7 Å². The van der Waals surface area contributed by atoms with Gasteiger partial charge >= 0.3 is 0 Å². The summed E-state index contributed by atoms with van der Waals surface area (Å²) < 4.78 is 0. The maximum Gasteiger partial charge on any atom is 0.239 e. The van der Waals surface area contributed by atoms with Crippen LogP contribution in [0.3, 0.4) is 0 Å². The van der Waals surface area contributed by atoms with Crippen LogP contribution in [0.2, 0.25) is 0 Å². The largest absolute Gasteiger partial charge is 0.311 e. The molecule has 0 radical (unpaired) electrons. The summed E-state index contributed by atoms with van der Waals surface area (Å²) in [5.74, 6) is 0.515. The van der Waals surface area contributed by atoms with Gasteiger partial charge in [-0.2, -0.15) is 0 Å². The van der Waals surface area contributed by atoms with Crippen LogP contribution in [-0.2, 0) is 4.79 Å². The highest BCUT2D eigenvalue weighted by molar-refractivity contribution is 5.91. The van der Waals surface area contributed by atoms with E-state index >= 15 is 0 Å². The Balaban J connectivity index is 0. The fourth-order valence-electron chi connectivity index (χ4n) is 0.952. The van der Waals surface area contributed by atoms with E-state index in [4.69, 9.17) is 0 Å². The van der Waals surface area contributed by atoms with E-state index in [1.165, 1.54) is 0 Å². The molecule has 0 atom stereocenters. The summed E-state index contributed by atoms with van der Waals surface area (Å²) in [6, 6.07) is 3.71. The maximum absolute atomic E-state index is 11.1. The van der Waals surface area contributed by atoms with Crippen molar-refractivity contribution in [1.82, 2.24) is 10.3 Å². The van der Waals surface area contributed by atoms with E-state index in [0.29, 0.717) is 12.4 Å². The molecule has 6 heteroatoms. The Labute approximate surface area is 102 Å². The molecule has 1 aromatic rings. The Morgan fingerprint density at radius 1 is 1.47 bits per heavy atom. The number of anilines is 1. The number of carbonyl (C=O) groups excluding carboxylic acids is 1. The van der Waals surface area contributed by atoms with Crippen molar-refractivity contribution in [3.63, 3.8) is 0 Å². The Morgan fingerprint density at radius 3 is 2.67 bits per heavy atom. The second kappa shape index (κ2) is 8.47. The van der Waals surface area contributed by atoms with E-state index < -0.39 is 0 Å². The lowest BCUT2D eigenvalue weighted by molar-refractivity contribution is -0.115. The molecule has 0 aliphatic heterocycles. The number of pyridine rings is 1. The minimum atomic E-state index is -0.0828. The minimum absolute atomic E-state index is 0. The smallest absolute Gasteiger partial charge is 0.239 e. The topological polar surface area (TPSA) is 54.0 Å².